The summed E-state index contributed by atoms with van der Waals surface area (Å²) in [7, 11) is 0. The standard InChI is InChI=1S/C21H25ClN2O/c1-3-23-16(2)15-24(20-9-5-4-8-19(20)23)21(25)10-6-7-17-11-13-18(22)14-12-17/h4-5,8-9,11-14,16H,3,6-7,10,15H2,1-2H3. The Labute approximate surface area is 155 Å². The molecule has 1 atom stereocenters. The first-order valence-electron chi connectivity index (χ1n) is 9.00. The summed E-state index contributed by atoms with van der Waals surface area (Å²) in [4.78, 5) is 17.2. The first-order valence-corrected chi connectivity index (χ1v) is 9.38. The molecule has 25 heavy (non-hydrogen) atoms. The third-order valence-corrected chi connectivity index (χ3v) is 5.12. The van der Waals surface area contributed by atoms with E-state index in [4.69, 9.17) is 11.6 Å². The summed E-state index contributed by atoms with van der Waals surface area (Å²) in [5.41, 5.74) is 3.43. The molecule has 0 radical (unpaired) electrons. The number of likely N-dealkylation sites (N-methyl/N-ethyl adjacent to an activating group) is 1. The molecule has 1 aliphatic heterocycles. The van der Waals surface area contributed by atoms with Gasteiger partial charge in [0.05, 0.1) is 11.4 Å². The summed E-state index contributed by atoms with van der Waals surface area (Å²) in [5, 5.41) is 0.749. The Morgan fingerprint density at radius 2 is 1.80 bits per heavy atom. The minimum Gasteiger partial charge on any atom is -0.366 e. The fourth-order valence-electron chi connectivity index (χ4n) is 3.58. The van der Waals surface area contributed by atoms with E-state index in [1.165, 1.54) is 5.56 Å². The summed E-state index contributed by atoms with van der Waals surface area (Å²) in [5.74, 6) is 0.212. The van der Waals surface area contributed by atoms with Crippen LogP contribution in [0.15, 0.2) is 48.5 Å². The SMILES string of the molecule is CCN1c2ccccc2N(C(=O)CCCc2ccc(Cl)cc2)CC1C. The highest BCUT2D eigenvalue weighted by molar-refractivity contribution is 6.30. The van der Waals surface area contributed by atoms with E-state index in [-0.39, 0.29) is 5.91 Å². The number of anilines is 2. The van der Waals surface area contributed by atoms with E-state index in [0.29, 0.717) is 12.5 Å². The molecule has 2 aromatic rings. The maximum absolute atomic E-state index is 12.8. The average Bonchev–Trinajstić information content (AvgIpc) is 2.62. The molecule has 0 aliphatic carbocycles. The van der Waals surface area contributed by atoms with E-state index < -0.39 is 0 Å². The number of carbonyl (C=O) groups excluding carboxylic acids is 1. The number of hydrogen-bond acceptors (Lipinski definition) is 2. The second-order valence-corrected chi connectivity index (χ2v) is 7.04. The van der Waals surface area contributed by atoms with Crippen molar-refractivity contribution in [1.29, 1.82) is 0 Å². The van der Waals surface area contributed by atoms with Crippen molar-refractivity contribution in [3.05, 3.63) is 59.1 Å². The van der Waals surface area contributed by atoms with Crippen LogP contribution in [0.2, 0.25) is 5.02 Å². The Morgan fingerprint density at radius 1 is 1.12 bits per heavy atom. The van der Waals surface area contributed by atoms with Gasteiger partial charge in [-0.25, -0.2) is 0 Å². The molecule has 3 nitrogen and oxygen atoms in total. The van der Waals surface area contributed by atoms with E-state index in [0.717, 1.165) is 42.3 Å². The maximum Gasteiger partial charge on any atom is 0.227 e. The Balaban J connectivity index is 1.66. The van der Waals surface area contributed by atoms with Crippen LogP contribution in [0.1, 0.15) is 32.3 Å². The summed E-state index contributed by atoms with van der Waals surface area (Å²) < 4.78 is 0. The molecule has 3 rings (SSSR count). The highest BCUT2D eigenvalue weighted by atomic mass is 35.5. The molecule has 4 heteroatoms. The number of nitrogens with zero attached hydrogens (tertiary/aromatic N) is 2. The van der Waals surface area contributed by atoms with Crippen molar-refractivity contribution < 1.29 is 4.79 Å². The average molecular weight is 357 g/mol. The van der Waals surface area contributed by atoms with Crippen LogP contribution in [0.3, 0.4) is 0 Å². The van der Waals surface area contributed by atoms with E-state index in [1.807, 2.05) is 41.3 Å². The zero-order valence-corrected chi connectivity index (χ0v) is 15.7. The number of benzene rings is 2. The van der Waals surface area contributed by atoms with Crippen LogP contribution in [0.4, 0.5) is 11.4 Å². The number of amides is 1. The third kappa shape index (κ3) is 3.98. The van der Waals surface area contributed by atoms with Crippen LogP contribution >= 0.6 is 11.6 Å². The number of rotatable bonds is 5. The molecule has 2 aromatic carbocycles. The smallest absolute Gasteiger partial charge is 0.227 e. The molecule has 1 heterocycles. The summed E-state index contributed by atoms with van der Waals surface area (Å²) in [6, 6.07) is 16.4. The second-order valence-electron chi connectivity index (χ2n) is 6.61. The Morgan fingerprint density at radius 3 is 2.48 bits per heavy atom. The van der Waals surface area contributed by atoms with E-state index in [2.05, 4.69) is 30.9 Å². The Hall–Kier alpha value is -2.00. The van der Waals surface area contributed by atoms with Crippen LogP contribution in [0.25, 0.3) is 0 Å². The van der Waals surface area contributed by atoms with Crippen LogP contribution in [-0.4, -0.2) is 25.0 Å². The number of carbonyl (C=O) groups is 1. The minimum absolute atomic E-state index is 0.212. The van der Waals surface area contributed by atoms with Gasteiger partial charge in [-0.1, -0.05) is 35.9 Å². The minimum atomic E-state index is 0.212. The third-order valence-electron chi connectivity index (χ3n) is 4.87. The van der Waals surface area contributed by atoms with Gasteiger partial charge in [0.1, 0.15) is 0 Å². The quantitative estimate of drug-likeness (QED) is 0.758. The fraction of sp³-hybridized carbons (Fsp3) is 0.381. The fourth-order valence-corrected chi connectivity index (χ4v) is 3.71. The van der Waals surface area contributed by atoms with Gasteiger partial charge in [-0.2, -0.15) is 0 Å². The predicted molar refractivity (Wildman–Crippen MR) is 106 cm³/mol. The molecule has 0 bridgehead atoms. The molecule has 0 spiro atoms. The molecule has 1 amide bonds. The second kappa shape index (κ2) is 7.92. The Bertz CT molecular complexity index is 729. The molecule has 132 valence electrons. The number of aryl methyl sites for hydroxylation is 1. The zero-order chi connectivity index (χ0) is 17.8. The maximum atomic E-state index is 12.8. The highest BCUT2D eigenvalue weighted by Crippen LogP contribution is 2.35. The normalized spacial score (nSPS) is 16.7. The van der Waals surface area contributed by atoms with Gasteiger partial charge in [0.25, 0.3) is 0 Å². The number of para-hydroxylation sites is 2. The summed E-state index contributed by atoms with van der Waals surface area (Å²) in [6.45, 7) is 6.06. The van der Waals surface area contributed by atoms with Crippen molar-refractivity contribution >= 4 is 28.9 Å². The van der Waals surface area contributed by atoms with Gasteiger partial charge in [0.2, 0.25) is 5.91 Å². The largest absolute Gasteiger partial charge is 0.366 e. The van der Waals surface area contributed by atoms with Crippen LogP contribution in [-0.2, 0) is 11.2 Å². The van der Waals surface area contributed by atoms with Gasteiger partial charge in [0, 0.05) is 30.6 Å². The zero-order valence-electron chi connectivity index (χ0n) is 14.9. The Kier molecular flexibility index (Phi) is 5.64. The molecule has 1 unspecified atom stereocenters. The molecule has 0 saturated heterocycles. The first-order chi connectivity index (χ1) is 12.1. The summed E-state index contributed by atoms with van der Waals surface area (Å²) in [6.07, 6.45) is 2.32. The molecule has 1 aliphatic rings. The van der Waals surface area contributed by atoms with Crippen molar-refractivity contribution in [2.75, 3.05) is 22.9 Å². The molecule has 0 aromatic heterocycles. The number of halogens is 1. The lowest BCUT2D eigenvalue weighted by Crippen LogP contribution is -2.49. The highest BCUT2D eigenvalue weighted by Gasteiger charge is 2.29. The van der Waals surface area contributed by atoms with E-state index in [9.17, 15) is 4.79 Å². The van der Waals surface area contributed by atoms with Gasteiger partial charge in [-0.3, -0.25) is 4.79 Å². The van der Waals surface area contributed by atoms with Crippen molar-refractivity contribution in [1.82, 2.24) is 0 Å². The van der Waals surface area contributed by atoms with Gasteiger partial charge in [-0.05, 0) is 56.5 Å². The number of hydrogen-bond donors (Lipinski definition) is 0. The molecular formula is C21H25ClN2O. The lowest BCUT2D eigenvalue weighted by atomic mass is 10.0. The topological polar surface area (TPSA) is 23.6 Å². The van der Waals surface area contributed by atoms with Gasteiger partial charge < -0.3 is 9.80 Å². The van der Waals surface area contributed by atoms with Crippen molar-refractivity contribution in [2.24, 2.45) is 0 Å². The molecule has 0 fully saturated rings. The molecule has 0 saturated carbocycles. The summed E-state index contributed by atoms with van der Waals surface area (Å²) >= 11 is 5.92. The monoisotopic (exact) mass is 356 g/mol. The predicted octanol–water partition coefficient (Wildman–Crippen LogP) is 4.92. The van der Waals surface area contributed by atoms with Crippen molar-refractivity contribution in [2.45, 2.75) is 39.2 Å². The van der Waals surface area contributed by atoms with E-state index >= 15 is 0 Å². The van der Waals surface area contributed by atoms with Gasteiger partial charge in [-0.15, -0.1) is 0 Å². The number of fused-ring (bicyclic) bond motifs is 1. The van der Waals surface area contributed by atoms with E-state index in [1.54, 1.807) is 0 Å². The lowest BCUT2D eigenvalue weighted by molar-refractivity contribution is -0.118. The first kappa shape index (κ1) is 17.8. The van der Waals surface area contributed by atoms with Crippen LogP contribution in [0, 0.1) is 0 Å². The van der Waals surface area contributed by atoms with Crippen LogP contribution < -0.4 is 9.80 Å². The van der Waals surface area contributed by atoms with Crippen molar-refractivity contribution in [3.8, 4) is 0 Å². The lowest BCUT2D eigenvalue weighted by Gasteiger charge is -2.42. The van der Waals surface area contributed by atoms with Gasteiger partial charge in [0.15, 0.2) is 0 Å². The molecule has 0 N–H and O–H groups in total. The molecular weight excluding hydrogens is 332 g/mol. The van der Waals surface area contributed by atoms with Crippen molar-refractivity contribution in [3.63, 3.8) is 0 Å². The van der Waals surface area contributed by atoms with Crippen LogP contribution in [0.5, 0.6) is 0 Å². The van der Waals surface area contributed by atoms with Gasteiger partial charge >= 0.3 is 0 Å².